The molecule has 0 bridgehead atoms. The maximum atomic E-state index is 13.6. The molecule has 6 heteroatoms. The van der Waals surface area contributed by atoms with Crippen LogP contribution in [-0.2, 0) is 4.79 Å². The third-order valence-corrected chi connectivity index (χ3v) is 2.79. The third-order valence-electron chi connectivity index (χ3n) is 2.79. The number of nitrogens with one attached hydrogen (secondary N) is 2. The minimum atomic E-state index is -0.676. The molecule has 0 atom stereocenters. The Morgan fingerprint density at radius 2 is 1.90 bits per heavy atom. The van der Waals surface area contributed by atoms with Crippen molar-refractivity contribution in [3.63, 3.8) is 0 Å². The molecular weight excluding hydrogens is 275 g/mol. The number of methoxy groups -OCH3 is 1. The Morgan fingerprint density at radius 1 is 1.19 bits per heavy atom. The second-order valence-corrected chi connectivity index (χ2v) is 4.14. The Hall–Kier alpha value is -2.89. The van der Waals surface area contributed by atoms with Crippen LogP contribution in [0.1, 0.15) is 10.4 Å². The van der Waals surface area contributed by atoms with Gasteiger partial charge >= 0.3 is 0 Å². The van der Waals surface area contributed by atoms with Crippen LogP contribution in [0.3, 0.4) is 0 Å². The van der Waals surface area contributed by atoms with E-state index in [0.29, 0.717) is 17.8 Å². The number of rotatable bonds is 5. The fourth-order valence-corrected chi connectivity index (χ4v) is 1.71. The lowest BCUT2D eigenvalue weighted by Gasteiger charge is -2.07. The first-order valence-electron chi connectivity index (χ1n) is 6.09. The van der Waals surface area contributed by atoms with E-state index >= 15 is 0 Å². The van der Waals surface area contributed by atoms with Gasteiger partial charge < -0.3 is 15.4 Å². The average molecular weight is 288 g/mol. The molecular formula is C15H13FN2O3. The lowest BCUT2D eigenvalue weighted by molar-refractivity contribution is -0.105. The Labute approximate surface area is 120 Å². The van der Waals surface area contributed by atoms with Gasteiger partial charge in [-0.25, -0.2) is 4.39 Å². The number of carbonyl (C=O) groups is 2. The molecule has 0 spiro atoms. The molecule has 0 saturated carbocycles. The molecule has 2 amide bonds. The van der Waals surface area contributed by atoms with Gasteiger partial charge in [-0.2, -0.15) is 0 Å². The molecule has 108 valence electrons. The van der Waals surface area contributed by atoms with Gasteiger partial charge in [0.25, 0.3) is 5.91 Å². The predicted molar refractivity (Wildman–Crippen MR) is 77.0 cm³/mol. The summed E-state index contributed by atoms with van der Waals surface area (Å²) in [5.74, 6) is -0.454. The van der Waals surface area contributed by atoms with Gasteiger partial charge in [-0.05, 0) is 42.5 Å². The van der Waals surface area contributed by atoms with Crippen molar-refractivity contribution >= 4 is 23.7 Å². The Morgan fingerprint density at radius 3 is 2.48 bits per heavy atom. The van der Waals surface area contributed by atoms with Crippen molar-refractivity contribution in [2.75, 3.05) is 17.7 Å². The summed E-state index contributed by atoms with van der Waals surface area (Å²) in [5, 5.41) is 4.84. The molecule has 0 aliphatic heterocycles. The summed E-state index contributed by atoms with van der Waals surface area (Å²) in [6.07, 6.45) is 0.371. The predicted octanol–water partition coefficient (Wildman–Crippen LogP) is 2.65. The highest BCUT2D eigenvalue weighted by atomic mass is 19.1. The highest BCUT2D eigenvalue weighted by Gasteiger charge is 2.10. The fraction of sp³-hybridized carbons (Fsp3) is 0.0667. The summed E-state index contributed by atoms with van der Waals surface area (Å²) < 4.78 is 18.6. The molecule has 5 nitrogen and oxygen atoms in total. The molecule has 0 aliphatic carbocycles. The van der Waals surface area contributed by atoms with E-state index in [1.807, 2.05) is 0 Å². The standard InChI is InChI=1S/C15H13FN2O3/c1-21-12-5-3-11(4-6-12)18-15(20)10-2-7-14(17-9-19)13(16)8-10/h2-9H,1H3,(H,17,19)(H,18,20). The molecule has 2 rings (SSSR count). The van der Waals surface area contributed by atoms with E-state index in [1.54, 1.807) is 31.4 Å². The van der Waals surface area contributed by atoms with Gasteiger partial charge in [0.1, 0.15) is 11.6 Å². The van der Waals surface area contributed by atoms with Crippen LogP contribution in [0.4, 0.5) is 15.8 Å². The Balaban J connectivity index is 2.12. The van der Waals surface area contributed by atoms with Crippen molar-refractivity contribution in [2.24, 2.45) is 0 Å². The van der Waals surface area contributed by atoms with Crippen LogP contribution in [0.25, 0.3) is 0 Å². The quantitative estimate of drug-likeness (QED) is 0.831. The smallest absolute Gasteiger partial charge is 0.255 e. The van der Waals surface area contributed by atoms with Crippen molar-refractivity contribution in [3.05, 3.63) is 53.8 Å². The second-order valence-electron chi connectivity index (χ2n) is 4.14. The maximum absolute atomic E-state index is 13.6. The van der Waals surface area contributed by atoms with Gasteiger partial charge in [0.05, 0.1) is 12.8 Å². The molecule has 0 heterocycles. The molecule has 0 aromatic heterocycles. The van der Waals surface area contributed by atoms with E-state index in [1.165, 1.54) is 12.1 Å². The van der Waals surface area contributed by atoms with Gasteiger partial charge in [0.2, 0.25) is 6.41 Å². The van der Waals surface area contributed by atoms with E-state index in [2.05, 4.69) is 10.6 Å². The summed E-state index contributed by atoms with van der Waals surface area (Å²) in [6, 6.07) is 10.6. The molecule has 2 aromatic rings. The van der Waals surface area contributed by atoms with Gasteiger partial charge in [-0.15, -0.1) is 0 Å². The Bertz CT molecular complexity index is 656. The van der Waals surface area contributed by atoms with E-state index in [4.69, 9.17) is 4.74 Å². The highest BCUT2D eigenvalue weighted by Crippen LogP contribution is 2.18. The van der Waals surface area contributed by atoms with Crippen molar-refractivity contribution < 1.29 is 18.7 Å². The van der Waals surface area contributed by atoms with Crippen LogP contribution in [0, 0.1) is 5.82 Å². The number of ether oxygens (including phenoxy) is 1. The van der Waals surface area contributed by atoms with Crippen LogP contribution in [0.5, 0.6) is 5.75 Å². The SMILES string of the molecule is COc1ccc(NC(=O)c2ccc(NC=O)c(F)c2)cc1. The molecule has 21 heavy (non-hydrogen) atoms. The summed E-state index contributed by atoms with van der Waals surface area (Å²) >= 11 is 0. The number of hydrogen-bond acceptors (Lipinski definition) is 3. The number of anilines is 2. The largest absolute Gasteiger partial charge is 0.497 e. The number of carbonyl (C=O) groups excluding carboxylic acids is 2. The summed E-state index contributed by atoms with van der Waals surface area (Å²) in [6.45, 7) is 0. The van der Waals surface area contributed by atoms with Crippen LogP contribution in [0.15, 0.2) is 42.5 Å². The molecule has 0 radical (unpaired) electrons. The average Bonchev–Trinajstić information content (AvgIpc) is 2.50. The summed E-state index contributed by atoms with van der Waals surface area (Å²) in [7, 11) is 1.55. The monoisotopic (exact) mass is 288 g/mol. The minimum absolute atomic E-state index is 0.0194. The number of benzene rings is 2. The zero-order valence-electron chi connectivity index (χ0n) is 11.2. The highest BCUT2D eigenvalue weighted by molar-refractivity contribution is 6.04. The fourth-order valence-electron chi connectivity index (χ4n) is 1.71. The first-order chi connectivity index (χ1) is 10.1. The van der Waals surface area contributed by atoms with Crippen molar-refractivity contribution in [3.8, 4) is 5.75 Å². The van der Waals surface area contributed by atoms with Crippen molar-refractivity contribution in [1.82, 2.24) is 0 Å². The number of hydrogen-bond donors (Lipinski definition) is 2. The molecule has 0 saturated heterocycles. The second kappa shape index (κ2) is 6.51. The number of halogens is 1. The van der Waals surface area contributed by atoms with Gasteiger partial charge in [0.15, 0.2) is 0 Å². The van der Waals surface area contributed by atoms with Crippen LogP contribution >= 0.6 is 0 Å². The van der Waals surface area contributed by atoms with E-state index in [0.717, 1.165) is 6.07 Å². The van der Waals surface area contributed by atoms with E-state index in [9.17, 15) is 14.0 Å². The first-order valence-corrected chi connectivity index (χ1v) is 6.09. The lowest BCUT2D eigenvalue weighted by atomic mass is 10.1. The Kier molecular flexibility index (Phi) is 4.50. The van der Waals surface area contributed by atoms with Crippen LogP contribution in [-0.4, -0.2) is 19.4 Å². The summed E-state index contributed by atoms with van der Waals surface area (Å²) in [4.78, 5) is 22.3. The van der Waals surface area contributed by atoms with Crippen molar-refractivity contribution in [2.45, 2.75) is 0 Å². The minimum Gasteiger partial charge on any atom is -0.497 e. The lowest BCUT2D eigenvalue weighted by Crippen LogP contribution is -2.12. The zero-order valence-corrected chi connectivity index (χ0v) is 11.2. The zero-order chi connectivity index (χ0) is 15.2. The molecule has 0 fully saturated rings. The van der Waals surface area contributed by atoms with E-state index < -0.39 is 11.7 Å². The molecule has 0 unspecified atom stereocenters. The molecule has 0 aliphatic rings. The topological polar surface area (TPSA) is 67.4 Å². The summed E-state index contributed by atoms with van der Waals surface area (Å²) in [5.41, 5.74) is 0.738. The van der Waals surface area contributed by atoms with E-state index in [-0.39, 0.29) is 11.3 Å². The third kappa shape index (κ3) is 3.56. The maximum Gasteiger partial charge on any atom is 0.255 e. The van der Waals surface area contributed by atoms with Gasteiger partial charge in [0, 0.05) is 11.3 Å². The van der Waals surface area contributed by atoms with Crippen LogP contribution in [0.2, 0.25) is 0 Å². The van der Waals surface area contributed by atoms with Crippen molar-refractivity contribution in [1.29, 1.82) is 0 Å². The van der Waals surface area contributed by atoms with Gasteiger partial charge in [-0.3, -0.25) is 9.59 Å². The normalized spacial score (nSPS) is 9.81. The molecule has 2 aromatic carbocycles. The molecule has 2 N–H and O–H groups in total. The number of amides is 2. The first kappa shape index (κ1) is 14.5. The van der Waals surface area contributed by atoms with Gasteiger partial charge in [-0.1, -0.05) is 0 Å². The van der Waals surface area contributed by atoms with Crippen LogP contribution < -0.4 is 15.4 Å².